The van der Waals surface area contributed by atoms with E-state index in [4.69, 9.17) is 0 Å². The molecule has 13 heavy (non-hydrogen) atoms. The third kappa shape index (κ3) is 0.884. The SMILES string of the molecule is CC1(C)[C@H]2CCC3(CC3(Br)Br)[C@@H]1C2. The van der Waals surface area contributed by atoms with Crippen molar-refractivity contribution in [1.29, 1.82) is 0 Å². The Labute approximate surface area is 97.1 Å². The van der Waals surface area contributed by atoms with Gasteiger partial charge in [0, 0.05) is 5.41 Å². The van der Waals surface area contributed by atoms with Gasteiger partial charge in [0.05, 0.1) is 3.23 Å². The summed E-state index contributed by atoms with van der Waals surface area (Å²) < 4.78 is 0.306. The first-order chi connectivity index (χ1) is 5.90. The lowest BCUT2D eigenvalue weighted by atomic mass is 9.44. The van der Waals surface area contributed by atoms with E-state index < -0.39 is 0 Å². The Hall–Kier alpha value is 0.960. The van der Waals surface area contributed by atoms with Gasteiger partial charge in [-0.2, -0.15) is 0 Å². The molecule has 0 aromatic rings. The lowest BCUT2D eigenvalue weighted by Gasteiger charge is -2.61. The topological polar surface area (TPSA) is 0 Å². The summed E-state index contributed by atoms with van der Waals surface area (Å²) in [7, 11) is 0. The molecule has 0 amide bonds. The zero-order chi connectivity index (χ0) is 9.48. The third-order valence-corrected chi connectivity index (χ3v) is 7.36. The molecule has 0 N–H and O–H groups in total. The second-order valence-electron chi connectivity index (χ2n) is 5.88. The average molecular weight is 308 g/mol. The zero-order valence-corrected chi connectivity index (χ0v) is 11.4. The molecule has 0 radical (unpaired) electrons. The largest absolute Gasteiger partial charge is 0.0871 e. The van der Waals surface area contributed by atoms with Crippen molar-refractivity contribution in [2.75, 3.05) is 0 Å². The number of alkyl halides is 2. The van der Waals surface area contributed by atoms with Gasteiger partial charge in [-0.1, -0.05) is 45.7 Å². The van der Waals surface area contributed by atoms with Crippen LogP contribution in [0.4, 0.5) is 0 Å². The van der Waals surface area contributed by atoms with E-state index in [0.717, 1.165) is 11.8 Å². The van der Waals surface area contributed by atoms with Gasteiger partial charge in [-0.3, -0.25) is 0 Å². The molecule has 0 aromatic carbocycles. The van der Waals surface area contributed by atoms with E-state index in [2.05, 4.69) is 45.7 Å². The zero-order valence-electron chi connectivity index (χ0n) is 8.24. The number of fused-ring (bicyclic) bond motifs is 1. The van der Waals surface area contributed by atoms with E-state index >= 15 is 0 Å². The highest BCUT2D eigenvalue weighted by molar-refractivity contribution is 9.25. The predicted octanol–water partition coefficient (Wildman–Crippen LogP) is 4.32. The van der Waals surface area contributed by atoms with Gasteiger partial charge in [0.2, 0.25) is 0 Å². The summed E-state index contributed by atoms with van der Waals surface area (Å²) in [5.74, 6) is 2.00. The highest BCUT2D eigenvalue weighted by atomic mass is 79.9. The van der Waals surface area contributed by atoms with Crippen molar-refractivity contribution in [3.63, 3.8) is 0 Å². The monoisotopic (exact) mass is 306 g/mol. The van der Waals surface area contributed by atoms with E-state index in [1.807, 2.05) is 0 Å². The van der Waals surface area contributed by atoms with Crippen molar-refractivity contribution < 1.29 is 0 Å². The number of rotatable bonds is 0. The van der Waals surface area contributed by atoms with Gasteiger partial charge in [0.15, 0.2) is 0 Å². The van der Waals surface area contributed by atoms with E-state index in [1.165, 1.54) is 25.7 Å². The fraction of sp³-hybridized carbons (Fsp3) is 1.00. The summed E-state index contributed by atoms with van der Waals surface area (Å²) in [5, 5.41) is 0. The van der Waals surface area contributed by atoms with Crippen LogP contribution in [-0.2, 0) is 0 Å². The molecule has 4 fully saturated rings. The Kier molecular flexibility index (Phi) is 1.57. The molecule has 2 bridgehead atoms. The van der Waals surface area contributed by atoms with Crippen molar-refractivity contribution in [3.8, 4) is 0 Å². The number of hydrogen-bond acceptors (Lipinski definition) is 0. The van der Waals surface area contributed by atoms with Crippen molar-refractivity contribution >= 4 is 31.9 Å². The van der Waals surface area contributed by atoms with E-state index in [1.54, 1.807) is 0 Å². The molecule has 0 aliphatic heterocycles. The maximum Gasteiger partial charge on any atom is 0.0871 e. The second-order valence-corrected chi connectivity index (χ2v) is 9.65. The minimum atomic E-state index is 0.306. The smallest absolute Gasteiger partial charge is 0.0721 e. The van der Waals surface area contributed by atoms with E-state index in [-0.39, 0.29) is 0 Å². The average Bonchev–Trinajstić information content (AvgIpc) is 2.51. The van der Waals surface area contributed by atoms with Crippen LogP contribution in [-0.4, -0.2) is 3.23 Å². The van der Waals surface area contributed by atoms with Gasteiger partial charge in [-0.25, -0.2) is 0 Å². The van der Waals surface area contributed by atoms with Crippen LogP contribution in [0.2, 0.25) is 0 Å². The molecule has 4 aliphatic carbocycles. The van der Waals surface area contributed by atoms with Crippen LogP contribution >= 0.6 is 31.9 Å². The maximum atomic E-state index is 3.84. The van der Waals surface area contributed by atoms with Crippen molar-refractivity contribution in [2.45, 2.75) is 42.8 Å². The lowest BCUT2D eigenvalue weighted by molar-refractivity contribution is -0.116. The summed E-state index contributed by atoms with van der Waals surface area (Å²) in [4.78, 5) is 0. The Bertz CT molecular complexity index is 267. The van der Waals surface area contributed by atoms with E-state index in [9.17, 15) is 0 Å². The normalized spacial score (nSPS) is 54.5. The fourth-order valence-electron chi connectivity index (χ4n) is 4.05. The number of halogens is 2. The number of hydrogen-bond donors (Lipinski definition) is 0. The Morgan fingerprint density at radius 3 is 2.15 bits per heavy atom. The van der Waals surface area contributed by atoms with Gasteiger partial charge < -0.3 is 0 Å². The van der Waals surface area contributed by atoms with E-state index in [0.29, 0.717) is 14.1 Å². The summed E-state index contributed by atoms with van der Waals surface area (Å²) >= 11 is 7.68. The molecule has 4 saturated carbocycles. The molecular formula is C11H16Br2. The molecular weight excluding hydrogens is 292 g/mol. The molecule has 0 heterocycles. The first kappa shape index (κ1) is 9.21. The van der Waals surface area contributed by atoms with Crippen LogP contribution in [0.15, 0.2) is 0 Å². The molecule has 4 rings (SSSR count). The summed E-state index contributed by atoms with van der Waals surface area (Å²) in [6, 6.07) is 0. The first-order valence-electron chi connectivity index (χ1n) is 5.28. The predicted molar refractivity (Wildman–Crippen MR) is 62.2 cm³/mol. The van der Waals surface area contributed by atoms with Crippen molar-refractivity contribution in [1.82, 2.24) is 0 Å². The standard InChI is InChI=1S/C11H16Br2/c1-9(2)7-3-4-10(8(9)5-7)6-11(10,12)13/h7-8H,3-6H2,1-2H3/t7-,8+,10?/m0/s1. The van der Waals surface area contributed by atoms with Gasteiger partial charge in [-0.15, -0.1) is 0 Å². The molecule has 4 aliphatic rings. The third-order valence-electron chi connectivity index (χ3n) is 5.22. The highest BCUT2D eigenvalue weighted by Gasteiger charge is 2.75. The molecule has 3 atom stereocenters. The second kappa shape index (κ2) is 2.21. The first-order valence-corrected chi connectivity index (χ1v) is 6.87. The van der Waals surface area contributed by atoms with Gasteiger partial charge in [0.25, 0.3) is 0 Å². The Balaban J connectivity index is 1.94. The molecule has 0 saturated heterocycles. The molecule has 2 heteroatoms. The van der Waals surface area contributed by atoms with Crippen molar-refractivity contribution in [3.05, 3.63) is 0 Å². The van der Waals surface area contributed by atoms with Crippen LogP contribution in [0.25, 0.3) is 0 Å². The van der Waals surface area contributed by atoms with Crippen LogP contribution in [0, 0.1) is 22.7 Å². The molecule has 1 spiro atoms. The quantitative estimate of drug-likeness (QED) is 0.585. The van der Waals surface area contributed by atoms with Crippen LogP contribution in [0.3, 0.4) is 0 Å². The van der Waals surface area contributed by atoms with Gasteiger partial charge >= 0.3 is 0 Å². The Morgan fingerprint density at radius 1 is 1.23 bits per heavy atom. The van der Waals surface area contributed by atoms with Gasteiger partial charge in [0.1, 0.15) is 0 Å². The van der Waals surface area contributed by atoms with Crippen molar-refractivity contribution in [2.24, 2.45) is 22.7 Å². The Morgan fingerprint density at radius 2 is 1.85 bits per heavy atom. The lowest BCUT2D eigenvalue weighted by Crippen LogP contribution is -2.54. The highest BCUT2D eigenvalue weighted by Crippen LogP contribution is 2.82. The molecule has 1 unspecified atom stereocenters. The summed E-state index contributed by atoms with van der Waals surface area (Å²) in [6.07, 6.45) is 5.75. The van der Waals surface area contributed by atoms with Crippen LogP contribution in [0.5, 0.6) is 0 Å². The minimum absolute atomic E-state index is 0.306. The minimum Gasteiger partial charge on any atom is -0.0721 e. The molecule has 0 nitrogen and oxygen atoms in total. The van der Waals surface area contributed by atoms with Gasteiger partial charge in [-0.05, 0) is 42.9 Å². The fourth-order valence-corrected chi connectivity index (χ4v) is 6.00. The van der Waals surface area contributed by atoms with Crippen LogP contribution in [0.1, 0.15) is 39.5 Å². The van der Waals surface area contributed by atoms with Crippen LogP contribution < -0.4 is 0 Å². The summed E-state index contributed by atoms with van der Waals surface area (Å²) in [5.41, 5.74) is 1.24. The maximum absolute atomic E-state index is 3.84. The molecule has 0 aromatic heterocycles. The molecule has 74 valence electrons. The summed E-state index contributed by atoms with van der Waals surface area (Å²) in [6.45, 7) is 4.95.